The lowest BCUT2D eigenvalue weighted by Crippen LogP contribution is -2.28. The van der Waals surface area contributed by atoms with E-state index in [0.717, 1.165) is 10.8 Å². The van der Waals surface area contributed by atoms with Gasteiger partial charge < -0.3 is 5.32 Å². The molecule has 0 amide bonds. The van der Waals surface area contributed by atoms with Crippen LogP contribution in [-0.4, -0.2) is 24.0 Å². The molecule has 0 atom stereocenters. The molecule has 0 bridgehead atoms. The average Bonchev–Trinajstić information content (AvgIpc) is 2.51. The van der Waals surface area contributed by atoms with Gasteiger partial charge in [-0.25, -0.2) is 4.98 Å². The van der Waals surface area contributed by atoms with Gasteiger partial charge in [-0.3, -0.25) is 0 Å². The molecule has 0 radical (unpaired) electrons. The van der Waals surface area contributed by atoms with Crippen molar-refractivity contribution >= 4 is 23.1 Å². The molecule has 7 heteroatoms. The zero-order valence-electron chi connectivity index (χ0n) is 8.10. The monoisotopic (exact) mass is 256 g/mol. The predicted octanol–water partition coefficient (Wildman–Crippen LogP) is 2.66. The molecule has 0 saturated carbocycles. The summed E-state index contributed by atoms with van der Waals surface area (Å²) in [5.41, 5.74) is 0.674. The molecule has 1 aromatic rings. The number of rotatable bonds is 5. The highest BCUT2D eigenvalue weighted by molar-refractivity contribution is 7.97. The Kier molecular flexibility index (Phi) is 4.88. The van der Waals surface area contributed by atoms with Crippen molar-refractivity contribution in [1.82, 2.24) is 10.3 Å². The number of thioether (sulfide) groups is 1. The van der Waals surface area contributed by atoms with E-state index < -0.39 is 12.7 Å². The molecular formula is C8H11F3N2S2. The molecule has 15 heavy (non-hydrogen) atoms. The lowest BCUT2D eigenvalue weighted by Gasteiger charge is -2.06. The van der Waals surface area contributed by atoms with Crippen molar-refractivity contribution in [3.63, 3.8) is 0 Å². The second-order valence-electron chi connectivity index (χ2n) is 2.88. The van der Waals surface area contributed by atoms with E-state index in [9.17, 15) is 13.2 Å². The van der Waals surface area contributed by atoms with Gasteiger partial charge in [-0.05, 0) is 6.26 Å². The molecule has 0 spiro atoms. The number of thiazole rings is 1. The van der Waals surface area contributed by atoms with Gasteiger partial charge in [0.2, 0.25) is 0 Å². The Balaban J connectivity index is 2.31. The summed E-state index contributed by atoms with van der Waals surface area (Å²) in [6, 6.07) is 0. The average molecular weight is 256 g/mol. The largest absolute Gasteiger partial charge is 0.401 e. The molecule has 0 aliphatic heterocycles. The molecule has 0 aliphatic carbocycles. The fourth-order valence-electron chi connectivity index (χ4n) is 0.952. The summed E-state index contributed by atoms with van der Waals surface area (Å²) in [6.45, 7) is -0.799. The minimum Gasteiger partial charge on any atom is -0.303 e. The molecule has 1 aromatic heterocycles. The lowest BCUT2D eigenvalue weighted by molar-refractivity contribution is -0.125. The van der Waals surface area contributed by atoms with Gasteiger partial charge in [0.15, 0.2) is 0 Å². The number of nitrogens with one attached hydrogen (secondary N) is 1. The van der Waals surface area contributed by atoms with Crippen LogP contribution in [-0.2, 0) is 12.3 Å². The third-order valence-electron chi connectivity index (χ3n) is 1.50. The highest BCUT2D eigenvalue weighted by atomic mass is 32.2. The first kappa shape index (κ1) is 12.8. The smallest absolute Gasteiger partial charge is 0.303 e. The third kappa shape index (κ3) is 5.39. The summed E-state index contributed by atoms with van der Waals surface area (Å²) >= 11 is 3.12. The minimum absolute atomic E-state index is 0.171. The van der Waals surface area contributed by atoms with Crippen LogP contribution < -0.4 is 5.32 Å². The first-order valence-corrected chi connectivity index (χ1v) is 6.48. The molecule has 0 aromatic carbocycles. The van der Waals surface area contributed by atoms with E-state index in [1.807, 2.05) is 6.26 Å². The number of halogens is 3. The molecule has 0 fully saturated rings. The van der Waals surface area contributed by atoms with Gasteiger partial charge in [-0.1, -0.05) is 0 Å². The highest BCUT2D eigenvalue weighted by Gasteiger charge is 2.26. The number of nitrogens with zero attached hydrogens (tertiary/aromatic N) is 1. The highest BCUT2D eigenvalue weighted by Crippen LogP contribution is 2.16. The molecular weight excluding hydrogens is 245 g/mol. The molecule has 1 N–H and O–H groups in total. The van der Waals surface area contributed by atoms with Crippen LogP contribution in [0.3, 0.4) is 0 Å². The number of hydrogen-bond donors (Lipinski definition) is 1. The maximum atomic E-state index is 11.8. The van der Waals surface area contributed by atoms with E-state index in [-0.39, 0.29) is 6.54 Å². The van der Waals surface area contributed by atoms with E-state index in [4.69, 9.17) is 0 Å². The van der Waals surface area contributed by atoms with Gasteiger partial charge in [0, 0.05) is 17.7 Å². The number of aromatic nitrogens is 1. The van der Waals surface area contributed by atoms with Crippen LogP contribution in [0.5, 0.6) is 0 Å². The van der Waals surface area contributed by atoms with E-state index in [1.54, 1.807) is 17.1 Å². The fraction of sp³-hybridized carbons (Fsp3) is 0.625. The third-order valence-corrected chi connectivity index (χ3v) is 3.14. The lowest BCUT2D eigenvalue weighted by atomic mass is 10.4. The van der Waals surface area contributed by atoms with Crippen molar-refractivity contribution in [2.24, 2.45) is 0 Å². The maximum absolute atomic E-state index is 11.8. The Bertz CT molecular complexity index is 298. The van der Waals surface area contributed by atoms with Crippen LogP contribution in [0.2, 0.25) is 0 Å². The van der Waals surface area contributed by atoms with Crippen LogP contribution in [0.15, 0.2) is 5.38 Å². The summed E-state index contributed by atoms with van der Waals surface area (Å²) in [6.07, 6.45) is -2.19. The summed E-state index contributed by atoms with van der Waals surface area (Å²) in [5, 5.41) is 5.05. The van der Waals surface area contributed by atoms with Crippen molar-refractivity contribution in [3.8, 4) is 0 Å². The summed E-state index contributed by atoms with van der Waals surface area (Å²) < 4.78 is 35.4. The number of alkyl halides is 3. The minimum atomic E-state index is -4.15. The van der Waals surface area contributed by atoms with Crippen LogP contribution in [0.25, 0.3) is 0 Å². The molecule has 1 rings (SSSR count). The van der Waals surface area contributed by atoms with Gasteiger partial charge in [0.05, 0.1) is 12.2 Å². The Morgan fingerprint density at radius 1 is 1.53 bits per heavy atom. The van der Waals surface area contributed by atoms with Crippen LogP contribution in [0.4, 0.5) is 13.2 Å². The first-order chi connectivity index (χ1) is 7.01. The van der Waals surface area contributed by atoms with Gasteiger partial charge in [-0.15, -0.1) is 11.3 Å². The van der Waals surface area contributed by atoms with Crippen LogP contribution >= 0.6 is 23.1 Å². The van der Waals surface area contributed by atoms with Crippen molar-refractivity contribution < 1.29 is 13.2 Å². The fourth-order valence-corrected chi connectivity index (χ4v) is 2.47. The quantitative estimate of drug-likeness (QED) is 0.876. The normalized spacial score (nSPS) is 12.0. The SMILES string of the molecule is CSCc1nc(CNCC(F)(F)F)cs1. The van der Waals surface area contributed by atoms with Gasteiger partial charge >= 0.3 is 6.18 Å². The number of hydrogen-bond acceptors (Lipinski definition) is 4. The van der Waals surface area contributed by atoms with E-state index in [2.05, 4.69) is 10.3 Å². The van der Waals surface area contributed by atoms with Gasteiger partial charge in [-0.2, -0.15) is 24.9 Å². The Morgan fingerprint density at radius 2 is 2.27 bits per heavy atom. The standard InChI is InChI=1S/C8H11F3N2S2/c1-14-4-7-13-6(3-15-7)2-12-5-8(9,10)11/h3,12H,2,4-5H2,1H3. The maximum Gasteiger partial charge on any atom is 0.401 e. The van der Waals surface area contributed by atoms with E-state index in [0.29, 0.717) is 5.69 Å². The van der Waals surface area contributed by atoms with Gasteiger partial charge in [0.1, 0.15) is 5.01 Å². The van der Waals surface area contributed by atoms with Gasteiger partial charge in [0.25, 0.3) is 0 Å². The summed E-state index contributed by atoms with van der Waals surface area (Å²) in [4.78, 5) is 4.19. The topological polar surface area (TPSA) is 24.9 Å². The second kappa shape index (κ2) is 5.72. The van der Waals surface area contributed by atoms with E-state index >= 15 is 0 Å². The second-order valence-corrected chi connectivity index (χ2v) is 4.69. The summed E-state index contributed by atoms with van der Waals surface area (Å²) in [5.74, 6) is 0.809. The Labute approximate surface area is 94.3 Å². The Hall–Kier alpha value is -0.270. The summed E-state index contributed by atoms with van der Waals surface area (Å²) in [7, 11) is 0. The predicted molar refractivity (Wildman–Crippen MR) is 57.1 cm³/mol. The molecule has 2 nitrogen and oxygen atoms in total. The van der Waals surface area contributed by atoms with Crippen molar-refractivity contribution in [2.45, 2.75) is 18.5 Å². The zero-order chi connectivity index (χ0) is 11.3. The van der Waals surface area contributed by atoms with E-state index in [1.165, 1.54) is 11.3 Å². The molecule has 0 unspecified atom stereocenters. The Morgan fingerprint density at radius 3 is 2.87 bits per heavy atom. The van der Waals surface area contributed by atoms with Crippen molar-refractivity contribution in [2.75, 3.05) is 12.8 Å². The van der Waals surface area contributed by atoms with Crippen LogP contribution in [0.1, 0.15) is 10.7 Å². The molecule has 0 saturated heterocycles. The van der Waals surface area contributed by atoms with Crippen molar-refractivity contribution in [1.29, 1.82) is 0 Å². The first-order valence-electron chi connectivity index (χ1n) is 4.21. The van der Waals surface area contributed by atoms with Crippen molar-refractivity contribution in [3.05, 3.63) is 16.1 Å². The molecule has 86 valence electrons. The molecule has 1 heterocycles. The van der Waals surface area contributed by atoms with Crippen LogP contribution in [0, 0.1) is 0 Å². The zero-order valence-corrected chi connectivity index (χ0v) is 9.73. The molecule has 0 aliphatic rings.